The molecule has 0 saturated heterocycles. The van der Waals surface area contributed by atoms with E-state index >= 15 is 0 Å². The fraction of sp³-hybridized carbons (Fsp3) is 0.571. The summed E-state index contributed by atoms with van der Waals surface area (Å²) in [6.45, 7) is 6.20. The van der Waals surface area contributed by atoms with Gasteiger partial charge in [0.1, 0.15) is 11.6 Å². The number of halogens is 3. The van der Waals surface area contributed by atoms with E-state index in [1.807, 2.05) is 13.8 Å². The van der Waals surface area contributed by atoms with Crippen molar-refractivity contribution < 1.29 is 13.9 Å². The summed E-state index contributed by atoms with van der Waals surface area (Å²) in [5.41, 5.74) is -1.23. The quantitative estimate of drug-likeness (QED) is 0.781. The molecule has 2 N–H and O–H groups in total. The summed E-state index contributed by atoms with van der Waals surface area (Å²) in [5, 5.41) is 13.4. The molecule has 0 saturated carbocycles. The minimum Gasteiger partial charge on any atom is -0.390 e. The van der Waals surface area contributed by atoms with Crippen molar-refractivity contribution in [2.24, 2.45) is 0 Å². The topological polar surface area (TPSA) is 32.3 Å². The van der Waals surface area contributed by atoms with Gasteiger partial charge in [-0.1, -0.05) is 13.8 Å². The van der Waals surface area contributed by atoms with E-state index in [1.165, 1.54) is 12.1 Å². The molecule has 5 heteroatoms. The highest BCUT2D eigenvalue weighted by atomic mass is 79.9. The molecule has 1 aromatic rings. The molecule has 0 radical (unpaired) electrons. The summed E-state index contributed by atoms with van der Waals surface area (Å²) in [6, 6.07) is 2.84. The van der Waals surface area contributed by atoms with Gasteiger partial charge in [-0.15, -0.1) is 0 Å². The van der Waals surface area contributed by atoms with Gasteiger partial charge in [-0.25, -0.2) is 8.78 Å². The van der Waals surface area contributed by atoms with Crippen LogP contribution >= 0.6 is 15.9 Å². The average molecular weight is 336 g/mol. The predicted octanol–water partition coefficient (Wildman–Crippen LogP) is 3.41. The Balaban J connectivity index is 2.75. The van der Waals surface area contributed by atoms with E-state index in [4.69, 9.17) is 0 Å². The van der Waals surface area contributed by atoms with E-state index in [1.54, 1.807) is 6.92 Å². The Bertz CT molecular complexity index is 436. The fourth-order valence-corrected chi connectivity index (χ4v) is 2.20. The molecule has 0 fully saturated rings. The highest BCUT2D eigenvalue weighted by Crippen LogP contribution is 2.26. The number of benzene rings is 1. The maximum atomic E-state index is 13.8. The number of nitrogens with one attached hydrogen (secondary N) is 1. The van der Waals surface area contributed by atoms with Crippen LogP contribution in [-0.4, -0.2) is 23.3 Å². The molecular formula is C14H20BrF2NO. The molecule has 1 aromatic carbocycles. The maximum absolute atomic E-state index is 13.8. The Kier molecular flexibility index (Phi) is 5.89. The van der Waals surface area contributed by atoms with Crippen molar-refractivity contribution in [3.63, 3.8) is 0 Å². The van der Waals surface area contributed by atoms with Gasteiger partial charge >= 0.3 is 0 Å². The summed E-state index contributed by atoms with van der Waals surface area (Å²) >= 11 is 3.02. The molecule has 108 valence electrons. The lowest BCUT2D eigenvalue weighted by Crippen LogP contribution is -2.35. The first-order valence-electron chi connectivity index (χ1n) is 6.31. The van der Waals surface area contributed by atoms with Gasteiger partial charge in [-0.3, -0.25) is 0 Å². The van der Waals surface area contributed by atoms with E-state index in [0.29, 0.717) is 19.0 Å². The van der Waals surface area contributed by atoms with Crippen molar-refractivity contribution in [2.45, 2.75) is 45.3 Å². The Hall–Kier alpha value is -0.520. The van der Waals surface area contributed by atoms with Crippen LogP contribution in [0.5, 0.6) is 0 Å². The van der Waals surface area contributed by atoms with Gasteiger partial charge in [0.2, 0.25) is 0 Å². The smallest absolute Gasteiger partial charge is 0.143 e. The van der Waals surface area contributed by atoms with Gasteiger partial charge < -0.3 is 10.4 Å². The van der Waals surface area contributed by atoms with Gasteiger partial charge in [0.25, 0.3) is 0 Å². The lowest BCUT2D eigenvalue weighted by molar-refractivity contribution is 0.0492. The molecule has 0 amide bonds. The molecule has 1 unspecified atom stereocenters. The van der Waals surface area contributed by atoms with Crippen molar-refractivity contribution in [1.82, 2.24) is 5.32 Å². The molecule has 0 bridgehead atoms. The molecular weight excluding hydrogens is 316 g/mol. The number of rotatable bonds is 6. The van der Waals surface area contributed by atoms with Crippen LogP contribution in [0.25, 0.3) is 0 Å². The largest absolute Gasteiger partial charge is 0.390 e. The zero-order chi connectivity index (χ0) is 14.6. The van der Waals surface area contributed by atoms with Gasteiger partial charge in [-0.2, -0.15) is 0 Å². The zero-order valence-corrected chi connectivity index (χ0v) is 13.0. The zero-order valence-electron chi connectivity index (χ0n) is 11.4. The van der Waals surface area contributed by atoms with Crippen molar-refractivity contribution in [2.75, 3.05) is 6.54 Å². The first-order valence-corrected chi connectivity index (χ1v) is 7.10. The summed E-state index contributed by atoms with van der Waals surface area (Å²) < 4.78 is 27.7. The summed E-state index contributed by atoms with van der Waals surface area (Å²) in [4.78, 5) is 0. The summed E-state index contributed by atoms with van der Waals surface area (Å²) in [5.74, 6) is -1.27. The molecule has 19 heavy (non-hydrogen) atoms. The van der Waals surface area contributed by atoms with Crippen LogP contribution in [0.2, 0.25) is 0 Å². The molecule has 0 aliphatic carbocycles. The van der Waals surface area contributed by atoms with Crippen LogP contribution in [0, 0.1) is 11.6 Å². The molecule has 0 aliphatic heterocycles. The molecule has 2 nitrogen and oxygen atoms in total. The van der Waals surface area contributed by atoms with E-state index < -0.39 is 17.2 Å². The second-order valence-electron chi connectivity index (χ2n) is 5.35. The summed E-state index contributed by atoms with van der Waals surface area (Å²) in [7, 11) is 0. The van der Waals surface area contributed by atoms with Gasteiger partial charge in [-0.05, 0) is 48.0 Å². The molecule has 0 aliphatic rings. The standard InChI is InChI=1S/C14H20BrF2NO/c1-9(2)18-7-6-14(3,19)8-10-12(16)5-4-11(15)13(10)17/h4-5,9,18-19H,6-8H2,1-3H3. The number of hydrogen-bond acceptors (Lipinski definition) is 2. The fourth-order valence-electron chi connectivity index (χ4n) is 1.83. The first-order chi connectivity index (χ1) is 8.73. The minimum atomic E-state index is -1.15. The Morgan fingerprint density at radius 2 is 2.00 bits per heavy atom. The van der Waals surface area contributed by atoms with Gasteiger partial charge in [0.15, 0.2) is 0 Å². The van der Waals surface area contributed by atoms with Crippen LogP contribution in [0.4, 0.5) is 8.78 Å². The summed E-state index contributed by atoms with van der Waals surface area (Å²) in [6.07, 6.45) is 0.375. The normalized spacial score (nSPS) is 14.7. The first kappa shape index (κ1) is 16.5. The molecule has 1 rings (SSSR count). The van der Waals surface area contributed by atoms with Gasteiger partial charge in [0.05, 0.1) is 10.1 Å². The number of hydrogen-bond donors (Lipinski definition) is 2. The lowest BCUT2D eigenvalue weighted by atomic mass is 9.92. The molecule has 0 aromatic heterocycles. The minimum absolute atomic E-state index is 0.0517. The van der Waals surface area contributed by atoms with Crippen molar-refractivity contribution in [3.8, 4) is 0 Å². The molecule has 0 heterocycles. The van der Waals surface area contributed by atoms with Crippen LogP contribution in [0.15, 0.2) is 16.6 Å². The predicted molar refractivity (Wildman–Crippen MR) is 76.1 cm³/mol. The van der Waals surface area contributed by atoms with Gasteiger partial charge in [0, 0.05) is 18.0 Å². The van der Waals surface area contributed by atoms with E-state index in [0.717, 1.165) is 0 Å². The second-order valence-corrected chi connectivity index (χ2v) is 6.21. The van der Waals surface area contributed by atoms with Crippen LogP contribution in [0.3, 0.4) is 0 Å². The highest BCUT2D eigenvalue weighted by Gasteiger charge is 2.25. The Morgan fingerprint density at radius 3 is 2.58 bits per heavy atom. The van der Waals surface area contributed by atoms with Crippen LogP contribution in [-0.2, 0) is 6.42 Å². The third-order valence-corrected chi connectivity index (χ3v) is 3.53. The monoisotopic (exact) mass is 335 g/mol. The third-order valence-electron chi connectivity index (χ3n) is 2.91. The average Bonchev–Trinajstić information content (AvgIpc) is 2.29. The lowest BCUT2D eigenvalue weighted by Gasteiger charge is -2.24. The third kappa shape index (κ3) is 5.16. The second kappa shape index (κ2) is 6.77. The van der Waals surface area contributed by atoms with E-state index in [9.17, 15) is 13.9 Å². The van der Waals surface area contributed by atoms with Crippen molar-refractivity contribution in [1.29, 1.82) is 0 Å². The highest BCUT2D eigenvalue weighted by molar-refractivity contribution is 9.10. The van der Waals surface area contributed by atoms with E-state index in [2.05, 4.69) is 21.2 Å². The molecule has 0 spiro atoms. The Morgan fingerprint density at radius 1 is 1.37 bits per heavy atom. The molecule has 1 atom stereocenters. The van der Waals surface area contributed by atoms with Crippen LogP contribution in [0.1, 0.15) is 32.8 Å². The number of aliphatic hydroxyl groups is 1. The SMILES string of the molecule is CC(C)NCCC(C)(O)Cc1c(F)ccc(Br)c1F. The van der Waals surface area contributed by atoms with Crippen molar-refractivity contribution in [3.05, 3.63) is 33.8 Å². The van der Waals surface area contributed by atoms with Crippen LogP contribution < -0.4 is 5.32 Å². The van der Waals surface area contributed by atoms with E-state index in [-0.39, 0.29) is 16.5 Å². The maximum Gasteiger partial charge on any atom is 0.143 e. The Labute approximate surface area is 121 Å². The van der Waals surface area contributed by atoms with Crippen molar-refractivity contribution >= 4 is 15.9 Å².